The van der Waals surface area contributed by atoms with Gasteiger partial charge < -0.3 is 4.42 Å². The average Bonchev–Trinajstić information content (AvgIpc) is 3.35. The molecule has 4 nitrogen and oxygen atoms in total. The van der Waals surface area contributed by atoms with E-state index in [2.05, 4.69) is 33.5 Å². The van der Waals surface area contributed by atoms with Crippen LogP contribution < -0.4 is 0 Å². The number of hydrogen-bond acceptors (Lipinski definition) is 5. The Morgan fingerprint density at radius 3 is 2.81 bits per heavy atom. The second-order valence-electron chi connectivity index (χ2n) is 6.25. The molecule has 2 atom stereocenters. The van der Waals surface area contributed by atoms with E-state index in [1.807, 2.05) is 0 Å². The van der Waals surface area contributed by atoms with E-state index < -0.39 is 0 Å². The third-order valence-electron chi connectivity index (χ3n) is 4.44. The summed E-state index contributed by atoms with van der Waals surface area (Å²) in [5, 5.41) is 4.13. The molecule has 112 valence electrons. The third kappa shape index (κ3) is 3.00. The molecule has 2 fully saturated rings. The number of rotatable bonds is 6. The molecule has 0 radical (unpaired) electrons. The Morgan fingerprint density at radius 1 is 1.38 bits per heavy atom. The van der Waals surface area contributed by atoms with Crippen molar-refractivity contribution in [2.24, 2.45) is 5.92 Å². The lowest BCUT2D eigenvalue weighted by Gasteiger charge is -2.19. The van der Waals surface area contributed by atoms with E-state index in [4.69, 9.17) is 16.0 Å². The van der Waals surface area contributed by atoms with Crippen LogP contribution in [-0.4, -0.2) is 20.5 Å². The van der Waals surface area contributed by atoms with E-state index in [0.717, 1.165) is 36.2 Å². The minimum atomic E-state index is 0.635. The van der Waals surface area contributed by atoms with E-state index in [1.54, 1.807) is 0 Å². The average molecular weight is 324 g/mol. The van der Waals surface area contributed by atoms with Gasteiger partial charge in [-0.05, 0) is 37.3 Å². The minimum Gasteiger partial charge on any atom is -0.464 e. The van der Waals surface area contributed by atoms with Crippen LogP contribution in [0.25, 0.3) is 0 Å². The molecule has 2 aliphatic carbocycles. The first-order valence-corrected chi connectivity index (χ1v) is 8.65. The maximum atomic E-state index is 6.13. The van der Waals surface area contributed by atoms with Gasteiger partial charge in [0.25, 0.3) is 0 Å². The molecule has 2 heterocycles. The van der Waals surface area contributed by atoms with E-state index in [-0.39, 0.29) is 0 Å². The highest BCUT2D eigenvalue weighted by molar-refractivity contribution is 7.10. The normalized spacial score (nSPS) is 24.7. The van der Waals surface area contributed by atoms with Crippen LogP contribution >= 0.6 is 23.1 Å². The van der Waals surface area contributed by atoms with Crippen molar-refractivity contribution in [3.05, 3.63) is 33.7 Å². The molecule has 0 N–H and O–H groups in total. The first kappa shape index (κ1) is 13.7. The number of aromatic nitrogens is 2. The van der Waals surface area contributed by atoms with Crippen LogP contribution in [0.4, 0.5) is 0 Å². The summed E-state index contributed by atoms with van der Waals surface area (Å²) in [5.41, 5.74) is 0.885. The lowest BCUT2D eigenvalue weighted by atomic mass is 10.3. The maximum Gasteiger partial charge on any atom is 0.138 e. The van der Waals surface area contributed by atoms with Crippen LogP contribution in [0.1, 0.15) is 49.3 Å². The maximum absolute atomic E-state index is 6.13. The van der Waals surface area contributed by atoms with Crippen molar-refractivity contribution in [2.45, 2.75) is 51.2 Å². The van der Waals surface area contributed by atoms with Gasteiger partial charge in [-0.25, -0.2) is 0 Å². The first-order chi connectivity index (χ1) is 10.2. The highest BCUT2D eigenvalue weighted by atomic mass is 35.5. The van der Waals surface area contributed by atoms with E-state index >= 15 is 0 Å². The Balaban J connectivity index is 1.45. The molecular weight excluding hydrogens is 306 g/mol. The molecule has 6 heteroatoms. The zero-order chi connectivity index (χ0) is 14.4. The van der Waals surface area contributed by atoms with Crippen molar-refractivity contribution >= 4 is 23.1 Å². The summed E-state index contributed by atoms with van der Waals surface area (Å²) in [6.45, 7) is 3.87. The molecule has 2 aromatic heterocycles. The van der Waals surface area contributed by atoms with Crippen molar-refractivity contribution in [3.8, 4) is 0 Å². The Morgan fingerprint density at radius 2 is 2.19 bits per heavy atom. The standard InChI is InChI=1S/C15H18ClN3OS/c1-9-6-12(9)14-5-4-11(20-14)7-19(10-2-3-10)8-13-15(16)21-18-17-13/h4-5,9-10,12H,2-3,6-8H2,1H3/t9-,12+/m1/s1. The molecule has 0 aliphatic heterocycles. The largest absolute Gasteiger partial charge is 0.464 e. The van der Waals surface area contributed by atoms with Crippen LogP contribution in [0.3, 0.4) is 0 Å². The van der Waals surface area contributed by atoms with E-state index in [9.17, 15) is 0 Å². The predicted octanol–water partition coefficient (Wildman–Crippen LogP) is 4.07. The number of halogens is 1. The Bertz CT molecular complexity index is 636. The molecule has 2 saturated carbocycles. The smallest absolute Gasteiger partial charge is 0.138 e. The Hall–Kier alpha value is -0.910. The van der Waals surface area contributed by atoms with Crippen molar-refractivity contribution in [1.82, 2.24) is 14.5 Å². The van der Waals surface area contributed by atoms with Gasteiger partial charge in [0.05, 0.1) is 6.54 Å². The lowest BCUT2D eigenvalue weighted by Crippen LogP contribution is -2.25. The monoisotopic (exact) mass is 323 g/mol. The summed E-state index contributed by atoms with van der Waals surface area (Å²) >= 11 is 7.38. The summed E-state index contributed by atoms with van der Waals surface area (Å²) in [6.07, 6.45) is 3.77. The summed E-state index contributed by atoms with van der Waals surface area (Å²) in [6, 6.07) is 4.90. The summed E-state index contributed by atoms with van der Waals surface area (Å²) in [7, 11) is 0. The quantitative estimate of drug-likeness (QED) is 0.803. The van der Waals surface area contributed by atoms with Gasteiger partial charge in [-0.3, -0.25) is 4.90 Å². The summed E-state index contributed by atoms with van der Waals surface area (Å²) in [4.78, 5) is 2.40. The molecule has 4 rings (SSSR count). The van der Waals surface area contributed by atoms with Gasteiger partial charge in [0.2, 0.25) is 0 Å². The second kappa shape index (κ2) is 5.38. The van der Waals surface area contributed by atoms with Crippen LogP contribution in [0.2, 0.25) is 4.34 Å². The van der Waals surface area contributed by atoms with Gasteiger partial charge >= 0.3 is 0 Å². The fourth-order valence-corrected chi connectivity index (χ4v) is 3.45. The molecule has 0 bridgehead atoms. The van der Waals surface area contributed by atoms with Gasteiger partial charge in [-0.2, -0.15) is 0 Å². The van der Waals surface area contributed by atoms with E-state index in [1.165, 1.54) is 30.8 Å². The van der Waals surface area contributed by atoms with Gasteiger partial charge in [0.15, 0.2) is 0 Å². The second-order valence-corrected chi connectivity index (χ2v) is 7.61. The molecule has 2 aliphatic rings. The zero-order valence-electron chi connectivity index (χ0n) is 12.0. The fourth-order valence-electron chi connectivity index (χ4n) is 2.83. The molecule has 0 spiro atoms. The van der Waals surface area contributed by atoms with Crippen molar-refractivity contribution in [2.75, 3.05) is 0 Å². The zero-order valence-corrected chi connectivity index (χ0v) is 13.5. The number of furan rings is 1. The first-order valence-electron chi connectivity index (χ1n) is 7.50. The highest BCUT2D eigenvalue weighted by Gasteiger charge is 2.37. The molecule has 0 aromatic carbocycles. The van der Waals surface area contributed by atoms with E-state index in [0.29, 0.717) is 16.3 Å². The predicted molar refractivity (Wildman–Crippen MR) is 82.4 cm³/mol. The number of hydrogen-bond donors (Lipinski definition) is 0. The molecule has 0 unspecified atom stereocenters. The van der Waals surface area contributed by atoms with Crippen LogP contribution in [0, 0.1) is 5.92 Å². The SMILES string of the molecule is C[C@@H]1C[C@@H]1c1ccc(CN(Cc2nnsc2Cl)C2CC2)o1. The topological polar surface area (TPSA) is 42.2 Å². The third-order valence-corrected chi connectivity index (χ3v) is 5.43. The Labute approximate surface area is 133 Å². The lowest BCUT2D eigenvalue weighted by molar-refractivity contribution is 0.220. The highest BCUT2D eigenvalue weighted by Crippen LogP contribution is 2.47. The Kier molecular flexibility index (Phi) is 3.52. The number of nitrogens with zero attached hydrogens (tertiary/aromatic N) is 3. The molecule has 21 heavy (non-hydrogen) atoms. The van der Waals surface area contributed by atoms with Crippen LogP contribution in [0.15, 0.2) is 16.5 Å². The van der Waals surface area contributed by atoms with Crippen LogP contribution in [0.5, 0.6) is 0 Å². The molecule has 0 saturated heterocycles. The van der Waals surface area contributed by atoms with Gasteiger partial charge in [0, 0.05) is 30.0 Å². The van der Waals surface area contributed by atoms with Gasteiger partial charge in [0.1, 0.15) is 21.6 Å². The van der Waals surface area contributed by atoms with Crippen LogP contribution in [-0.2, 0) is 13.1 Å². The minimum absolute atomic E-state index is 0.635. The molecule has 2 aromatic rings. The summed E-state index contributed by atoms with van der Waals surface area (Å²) < 4.78 is 10.6. The van der Waals surface area contributed by atoms with Crippen molar-refractivity contribution in [1.29, 1.82) is 0 Å². The van der Waals surface area contributed by atoms with Crippen molar-refractivity contribution < 1.29 is 4.42 Å². The van der Waals surface area contributed by atoms with Crippen molar-refractivity contribution in [3.63, 3.8) is 0 Å². The van der Waals surface area contributed by atoms with Gasteiger partial charge in [-0.1, -0.05) is 23.0 Å². The summed E-state index contributed by atoms with van der Waals surface area (Å²) in [5.74, 6) is 3.63. The molecular formula is C15H18ClN3OS. The van der Waals surface area contributed by atoms with Gasteiger partial charge in [-0.15, -0.1) is 5.10 Å². The molecule has 0 amide bonds. The fraction of sp³-hybridized carbons (Fsp3) is 0.600.